The summed E-state index contributed by atoms with van der Waals surface area (Å²) in [6, 6.07) is 3.03. The predicted molar refractivity (Wildman–Crippen MR) is 96.3 cm³/mol. The van der Waals surface area contributed by atoms with Gasteiger partial charge in [0.15, 0.2) is 12.8 Å². The van der Waals surface area contributed by atoms with Crippen molar-refractivity contribution in [1.82, 2.24) is 10.6 Å². The van der Waals surface area contributed by atoms with Gasteiger partial charge in [0.2, 0.25) is 0 Å². The molecule has 5 nitrogen and oxygen atoms in total. The molecule has 0 spiro atoms. The van der Waals surface area contributed by atoms with Gasteiger partial charge in [0.05, 0.1) is 6.61 Å². The van der Waals surface area contributed by atoms with Crippen LogP contribution in [0.25, 0.3) is 0 Å². The van der Waals surface area contributed by atoms with Gasteiger partial charge >= 0.3 is 0 Å². The molecule has 2 aliphatic rings. The van der Waals surface area contributed by atoms with Crippen molar-refractivity contribution in [2.24, 2.45) is 10.9 Å². The molecule has 0 amide bonds. The summed E-state index contributed by atoms with van der Waals surface area (Å²) in [6.45, 7) is 2.27. The molecule has 1 aromatic rings. The number of hydrogen-bond donors (Lipinski definition) is 2. The van der Waals surface area contributed by atoms with E-state index in [2.05, 4.69) is 15.6 Å². The van der Waals surface area contributed by atoms with Gasteiger partial charge < -0.3 is 20.1 Å². The molecule has 138 valence electrons. The third-order valence-electron chi connectivity index (χ3n) is 4.95. The molecule has 3 rings (SSSR count). The SMILES string of the molecule is CN=C(NCCc1cc(F)cc2c1OCOC2)NCC1CCCCC1. The topological polar surface area (TPSA) is 54.9 Å². The van der Waals surface area contributed by atoms with Gasteiger partial charge in [-0.2, -0.15) is 0 Å². The first-order chi connectivity index (χ1) is 12.3. The van der Waals surface area contributed by atoms with Gasteiger partial charge in [-0.1, -0.05) is 19.3 Å². The van der Waals surface area contributed by atoms with E-state index in [1.165, 1.54) is 38.2 Å². The lowest BCUT2D eigenvalue weighted by Gasteiger charge is -2.23. The van der Waals surface area contributed by atoms with Crippen molar-refractivity contribution in [3.8, 4) is 5.75 Å². The molecular weight excluding hydrogens is 321 g/mol. The number of fused-ring (bicyclic) bond motifs is 1. The average molecular weight is 349 g/mol. The molecule has 1 aromatic carbocycles. The number of halogens is 1. The molecule has 0 aromatic heterocycles. The minimum atomic E-state index is -0.248. The monoisotopic (exact) mass is 349 g/mol. The van der Waals surface area contributed by atoms with E-state index in [0.29, 0.717) is 19.6 Å². The quantitative estimate of drug-likeness (QED) is 0.634. The standard InChI is InChI=1S/C19H28FN3O2/c1-21-19(23-11-14-5-3-2-4-6-14)22-8-7-15-9-17(20)10-16-12-24-13-25-18(15)16/h9-10,14H,2-8,11-13H2,1H3,(H2,21,22,23). The summed E-state index contributed by atoms with van der Waals surface area (Å²) in [5.41, 5.74) is 1.65. The van der Waals surface area contributed by atoms with Gasteiger partial charge in [-0.25, -0.2) is 4.39 Å². The van der Waals surface area contributed by atoms with E-state index in [1.807, 2.05) is 0 Å². The molecule has 2 N–H and O–H groups in total. The van der Waals surface area contributed by atoms with Gasteiger partial charge in [-0.05, 0) is 42.9 Å². The maximum absolute atomic E-state index is 13.8. The van der Waals surface area contributed by atoms with E-state index in [1.54, 1.807) is 13.1 Å². The van der Waals surface area contributed by atoms with Crippen LogP contribution >= 0.6 is 0 Å². The number of nitrogens with zero attached hydrogens (tertiary/aromatic N) is 1. The van der Waals surface area contributed by atoms with Crippen molar-refractivity contribution in [2.45, 2.75) is 45.1 Å². The third kappa shape index (κ3) is 5.08. The number of hydrogen-bond acceptors (Lipinski definition) is 3. The predicted octanol–water partition coefficient (Wildman–Crippen LogP) is 2.98. The molecule has 1 fully saturated rings. The van der Waals surface area contributed by atoms with Crippen molar-refractivity contribution in [3.63, 3.8) is 0 Å². The Balaban J connectivity index is 1.49. The van der Waals surface area contributed by atoms with Crippen LogP contribution < -0.4 is 15.4 Å². The smallest absolute Gasteiger partial charge is 0.190 e. The Bertz CT molecular complexity index is 601. The van der Waals surface area contributed by atoms with Crippen LogP contribution in [0.15, 0.2) is 17.1 Å². The van der Waals surface area contributed by atoms with Crippen LogP contribution in [0.1, 0.15) is 43.2 Å². The Morgan fingerprint density at radius 2 is 2.08 bits per heavy atom. The molecule has 25 heavy (non-hydrogen) atoms. The highest BCUT2D eigenvalue weighted by Gasteiger charge is 2.17. The molecule has 0 bridgehead atoms. The average Bonchev–Trinajstić information content (AvgIpc) is 2.65. The Kier molecular flexibility index (Phi) is 6.50. The third-order valence-corrected chi connectivity index (χ3v) is 4.95. The lowest BCUT2D eigenvalue weighted by atomic mass is 9.89. The van der Waals surface area contributed by atoms with E-state index in [-0.39, 0.29) is 12.6 Å². The molecule has 0 atom stereocenters. The maximum atomic E-state index is 13.8. The lowest BCUT2D eigenvalue weighted by molar-refractivity contribution is -0.0172. The van der Waals surface area contributed by atoms with Crippen molar-refractivity contribution >= 4 is 5.96 Å². The highest BCUT2D eigenvalue weighted by atomic mass is 19.1. The normalized spacial score (nSPS) is 18.4. The van der Waals surface area contributed by atoms with E-state index in [0.717, 1.165) is 35.3 Å². The number of benzene rings is 1. The summed E-state index contributed by atoms with van der Waals surface area (Å²) >= 11 is 0. The van der Waals surface area contributed by atoms with E-state index in [9.17, 15) is 4.39 Å². The molecule has 0 saturated heterocycles. The number of rotatable bonds is 5. The van der Waals surface area contributed by atoms with Crippen LogP contribution in [0.2, 0.25) is 0 Å². The first-order valence-corrected chi connectivity index (χ1v) is 9.22. The summed E-state index contributed by atoms with van der Waals surface area (Å²) in [5.74, 6) is 2.07. The molecule has 1 aliphatic heterocycles. The first-order valence-electron chi connectivity index (χ1n) is 9.22. The summed E-state index contributed by atoms with van der Waals surface area (Å²) in [5, 5.41) is 6.73. The van der Waals surface area contributed by atoms with Gasteiger partial charge in [-0.3, -0.25) is 4.99 Å². The van der Waals surface area contributed by atoms with Crippen molar-refractivity contribution in [1.29, 1.82) is 0 Å². The largest absolute Gasteiger partial charge is 0.467 e. The minimum absolute atomic E-state index is 0.226. The van der Waals surface area contributed by atoms with Crippen LogP contribution in [0.3, 0.4) is 0 Å². The fourth-order valence-electron chi connectivity index (χ4n) is 3.61. The van der Waals surface area contributed by atoms with E-state index in [4.69, 9.17) is 9.47 Å². The number of nitrogens with one attached hydrogen (secondary N) is 2. The molecule has 6 heteroatoms. The summed E-state index contributed by atoms with van der Waals surface area (Å²) in [6.07, 6.45) is 7.33. The second kappa shape index (κ2) is 9.04. The summed E-state index contributed by atoms with van der Waals surface area (Å²) < 4.78 is 24.5. The molecular formula is C19H28FN3O2. The van der Waals surface area contributed by atoms with Crippen LogP contribution in [0.4, 0.5) is 4.39 Å². The number of ether oxygens (including phenoxy) is 2. The zero-order valence-electron chi connectivity index (χ0n) is 14.9. The molecule has 1 saturated carbocycles. The zero-order chi connectivity index (χ0) is 17.5. The highest BCUT2D eigenvalue weighted by molar-refractivity contribution is 5.79. The minimum Gasteiger partial charge on any atom is -0.467 e. The van der Waals surface area contributed by atoms with E-state index < -0.39 is 0 Å². The highest BCUT2D eigenvalue weighted by Crippen LogP contribution is 2.29. The fraction of sp³-hybridized carbons (Fsp3) is 0.632. The second-order valence-electron chi connectivity index (χ2n) is 6.80. The number of guanidine groups is 1. The zero-order valence-corrected chi connectivity index (χ0v) is 14.9. The van der Waals surface area contributed by atoms with Gasteiger partial charge in [0.1, 0.15) is 11.6 Å². The van der Waals surface area contributed by atoms with Crippen LogP contribution in [-0.4, -0.2) is 32.9 Å². The lowest BCUT2D eigenvalue weighted by Crippen LogP contribution is -2.41. The Morgan fingerprint density at radius 1 is 1.24 bits per heavy atom. The van der Waals surface area contributed by atoms with Crippen LogP contribution in [0.5, 0.6) is 5.75 Å². The van der Waals surface area contributed by atoms with Crippen LogP contribution in [-0.2, 0) is 17.8 Å². The fourth-order valence-corrected chi connectivity index (χ4v) is 3.61. The Labute approximate surface area is 149 Å². The number of aliphatic imine (C=N–C) groups is 1. The Morgan fingerprint density at radius 3 is 2.88 bits per heavy atom. The molecule has 1 aliphatic carbocycles. The van der Waals surface area contributed by atoms with Gasteiger partial charge in [0.25, 0.3) is 0 Å². The van der Waals surface area contributed by atoms with Crippen molar-refractivity contribution in [3.05, 3.63) is 29.1 Å². The van der Waals surface area contributed by atoms with Crippen LogP contribution in [0, 0.1) is 11.7 Å². The maximum Gasteiger partial charge on any atom is 0.190 e. The Hall–Kier alpha value is -1.82. The van der Waals surface area contributed by atoms with Crippen molar-refractivity contribution < 1.29 is 13.9 Å². The molecule has 1 heterocycles. The van der Waals surface area contributed by atoms with Gasteiger partial charge in [-0.15, -0.1) is 0 Å². The summed E-state index contributed by atoms with van der Waals surface area (Å²) in [4.78, 5) is 4.28. The van der Waals surface area contributed by atoms with Crippen molar-refractivity contribution in [2.75, 3.05) is 26.9 Å². The first kappa shape index (κ1) is 18.0. The summed E-state index contributed by atoms with van der Waals surface area (Å²) in [7, 11) is 1.78. The van der Waals surface area contributed by atoms with E-state index >= 15 is 0 Å². The molecule has 0 unspecified atom stereocenters. The van der Waals surface area contributed by atoms with Gasteiger partial charge in [0, 0.05) is 25.7 Å². The molecule has 0 radical (unpaired) electrons. The second-order valence-corrected chi connectivity index (χ2v) is 6.80.